The lowest BCUT2D eigenvalue weighted by Crippen LogP contribution is -2.38. The highest BCUT2D eigenvalue weighted by atomic mass is 32.1. The maximum Gasteiger partial charge on any atom is 0.401 e. The second-order valence-electron chi connectivity index (χ2n) is 4.53. The van der Waals surface area contributed by atoms with Crippen LogP contribution in [0.1, 0.15) is 25.3 Å². The van der Waals surface area contributed by atoms with Gasteiger partial charge in [-0.3, -0.25) is 0 Å². The molecule has 2 nitrogen and oxygen atoms in total. The van der Waals surface area contributed by atoms with E-state index in [1.54, 1.807) is 18.2 Å². The van der Waals surface area contributed by atoms with Crippen LogP contribution in [0.3, 0.4) is 0 Å². The van der Waals surface area contributed by atoms with Gasteiger partial charge in [-0.25, -0.2) is 0 Å². The molecule has 1 aromatic rings. The fraction of sp³-hybridized carbons (Fsp3) is 0.462. The highest BCUT2D eigenvalue weighted by molar-refractivity contribution is 7.80. The second kappa shape index (κ2) is 6.23. The first kappa shape index (κ1) is 15.8. The van der Waals surface area contributed by atoms with E-state index in [9.17, 15) is 13.2 Å². The van der Waals surface area contributed by atoms with Crippen molar-refractivity contribution in [2.45, 2.75) is 25.9 Å². The standard InChI is InChI=1S/C13H16F3NOS/c1-8(2)9-4-3-5-10(6-9)18-7-11(12(17)19)13(14,15)16/h3-6,8,11H,7H2,1-2H3,(H2,17,19). The molecular formula is C13H16F3NOS. The molecule has 0 aliphatic carbocycles. The van der Waals surface area contributed by atoms with E-state index in [0.29, 0.717) is 5.75 Å². The Balaban J connectivity index is 2.75. The average Bonchev–Trinajstić information content (AvgIpc) is 2.27. The molecule has 1 aromatic carbocycles. The number of rotatable bonds is 5. The largest absolute Gasteiger partial charge is 0.492 e. The summed E-state index contributed by atoms with van der Waals surface area (Å²) >= 11 is 4.43. The molecule has 0 aromatic heterocycles. The van der Waals surface area contributed by atoms with Gasteiger partial charge in [0.1, 0.15) is 18.3 Å². The van der Waals surface area contributed by atoms with Crippen molar-refractivity contribution in [1.82, 2.24) is 0 Å². The van der Waals surface area contributed by atoms with Crippen molar-refractivity contribution in [3.63, 3.8) is 0 Å². The van der Waals surface area contributed by atoms with Crippen LogP contribution in [0.25, 0.3) is 0 Å². The summed E-state index contributed by atoms with van der Waals surface area (Å²) in [5.74, 6) is -1.26. The lowest BCUT2D eigenvalue weighted by atomic mass is 10.0. The zero-order valence-corrected chi connectivity index (χ0v) is 11.5. The van der Waals surface area contributed by atoms with Crippen LogP contribution in [0.2, 0.25) is 0 Å². The summed E-state index contributed by atoms with van der Waals surface area (Å²) in [6.45, 7) is 3.39. The third kappa shape index (κ3) is 4.70. The van der Waals surface area contributed by atoms with E-state index in [2.05, 4.69) is 12.2 Å². The van der Waals surface area contributed by atoms with E-state index >= 15 is 0 Å². The maximum absolute atomic E-state index is 12.6. The van der Waals surface area contributed by atoms with Gasteiger partial charge in [-0.15, -0.1) is 0 Å². The van der Waals surface area contributed by atoms with E-state index < -0.39 is 23.7 Å². The molecule has 0 saturated carbocycles. The Kier molecular flexibility index (Phi) is 5.17. The Hall–Kier alpha value is -1.30. The normalized spacial score (nSPS) is 13.4. The van der Waals surface area contributed by atoms with Gasteiger partial charge in [0.15, 0.2) is 0 Å². The van der Waals surface area contributed by atoms with Gasteiger partial charge < -0.3 is 10.5 Å². The van der Waals surface area contributed by atoms with Gasteiger partial charge in [0.25, 0.3) is 0 Å². The number of ether oxygens (including phenoxy) is 1. The summed E-state index contributed by atoms with van der Waals surface area (Å²) in [7, 11) is 0. The van der Waals surface area contributed by atoms with Gasteiger partial charge in [0, 0.05) is 0 Å². The molecular weight excluding hydrogens is 275 g/mol. The molecule has 106 valence electrons. The summed E-state index contributed by atoms with van der Waals surface area (Å²) < 4.78 is 43.1. The van der Waals surface area contributed by atoms with Crippen LogP contribution in [0.4, 0.5) is 13.2 Å². The molecule has 0 saturated heterocycles. The lowest BCUT2D eigenvalue weighted by Gasteiger charge is -2.19. The number of hydrogen-bond acceptors (Lipinski definition) is 2. The molecule has 0 aliphatic rings. The lowest BCUT2D eigenvalue weighted by molar-refractivity contribution is -0.161. The second-order valence-corrected chi connectivity index (χ2v) is 5.01. The number of nitrogens with two attached hydrogens (primary N) is 1. The summed E-state index contributed by atoms with van der Waals surface area (Å²) in [6.07, 6.45) is -4.48. The molecule has 0 amide bonds. The number of alkyl halides is 3. The third-order valence-corrected chi connectivity index (χ3v) is 2.96. The maximum atomic E-state index is 12.6. The molecule has 19 heavy (non-hydrogen) atoms. The molecule has 0 spiro atoms. The predicted molar refractivity (Wildman–Crippen MR) is 72.4 cm³/mol. The SMILES string of the molecule is CC(C)c1cccc(OCC(C(N)=S)C(F)(F)F)c1. The summed E-state index contributed by atoms with van der Waals surface area (Å²) in [4.78, 5) is -0.604. The highest BCUT2D eigenvalue weighted by Gasteiger charge is 2.42. The van der Waals surface area contributed by atoms with E-state index in [4.69, 9.17) is 10.5 Å². The molecule has 0 bridgehead atoms. The van der Waals surface area contributed by atoms with Crippen LogP contribution < -0.4 is 10.5 Å². The molecule has 1 unspecified atom stereocenters. The average molecular weight is 291 g/mol. The molecule has 2 N–H and O–H groups in total. The van der Waals surface area contributed by atoms with Gasteiger partial charge >= 0.3 is 6.18 Å². The van der Waals surface area contributed by atoms with Gasteiger partial charge in [-0.05, 0) is 23.6 Å². The minimum atomic E-state index is -4.48. The molecule has 1 atom stereocenters. The van der Waals surface area contributed by atoms with Crippen LogP contribution in [0.15, 0.2) is 24.3 Å². The van der Waals surface area contributed by atoms with Crippen molar-refractivity contribution >= 4 is 17.2 Å². The van der Waals surface area contributed by atoms with Crippen molar-refractivity contribution in [3.05, 3.63) is 29.8 Å². The zero-order valence-electron chi connectivity index (χ0n) is 10.7. The van der Waals surface area contributed by atoms with Crippen LogP contribution >= 0.6 is 12.2 Å². The number of thiocarbonyl (C=S) groups is 1. The fourth-order valence-electron chi connectivity index (χ4n) is 1.48. The first-order valence-corrected chi connectivity index (χ1v) is 6.21. The highest BCUT2D eigenvalue weighted by Crippen LogP contribution is 2.28. The summed E-state index contributed by atoms with van der Waals surface area (Å²) in [5.41, 5.74) is 6.09. The Labute approximate surface area is 115 Å². The first-order chi connectivity index (χ1) is 8.71. The van der Waals surface area contributed by atoms with Gasteiger partial charge in [-0.2, -0.15) is 13.2 Å². The number of halogens is 3. The van der Waals surface area contributed by atoms with E-state index in [0.717, 1.165) is 5.56 Å². The smallest absolute Gasteiger partial charge is 0.401 e. The van der Waals surface area contributed by atoms with Crippen molar-refractivity contribution in [2.75, 3.05) is 6.61 Å². The molecule has 6 heteroatoms. The molecule has 1 rings (SSSR count). The van der Waals surface area contributed by atoms with E-state index in [-0.39, 0.29) is 5.92 Å². The van der Waals surface area contributed by atoms with Crippen LogP contribution in [0, 0.1) is 5.92 Å². The number of benzene rings is 1. The van der Waals surface area contributed by atoms with Gasteiger partial charge in [-0.1, -0.05) is 38.2 Å². The molecule has 0 fully saturated rings. The molecule has 0 radical (unpaired) electrons. The molecule has 0 aliphatic heterocycles. The first-order valence-electron chi connectivity index (χ1n) is 5.80. The van der Waals surface area contributed by atoms with Crippen LogP contribution in [-0.4, -0.2) is 17.8 Å². The van der Waals surface area contributed by atoms with Crippen LogP contribution in [0.5, 0.6) is 5.75 Å². The van der Waals surface area contributed by atoms with Crippen molar-refractivity contribution in [3.8, 4) is 5.75 Å². The fourth-order valence-corrected chi connectivity index (χ4v) is 1.68. The van der Waals surface area contributed by atoms with Crippen LogP contribution in [-0.2, 0) is 0 Å². The Morgan fingerprint density at radius 1 is 1.37 bits per heavy atom. The molecule has 0 heterocycles. The number of hydrogen-bond donors (Lipinski definition) is 1. The minimum Gasteiger partial charge on any atom is -0.492 e. The Bertz CT molecular complexity index is 446. The summed E-state index contributed by atoms with van der Waals surface area (Å²) in [5, 5.41) is 0. The Morgan fingerprint density at radius 2 is 2.00 bits per heavy atom. The van der Waals surface area contributed by atoms with E-state index in [1.807, 2.05) is 19.9 Å². The zero-order chi connectivity index (χ0) is 14.6. The van der Waals surface area contributed by atoms with Crippen molar-refractivity contribution in [1.29, 1.82) is 0 Å². The van der Waals surface area contributed by atoms with Crippen molar-refractivity contribution in [2.24, 2.45) is 11.7 Å². The van der Waals surface area contributed by atoms with E-state index in [1.165, 1.54) is 0 Å². The minimum absolute atomic E-state index is 0.276. The monoisotopic (exact) mass is 291 g/mol. The topological polar surface area (TPSA) is 35.2 Å². The Morgan fingerprint density at radius 3 is 2.47 bits per heavy atom. The summed E-state index contributed by atoms with van der Waals surface area (Å²) in [6, 6.07) is 6.97. The third-order valence-electron chi connectivity index (χ3n) is 2.68. The predicted octanol–water partition coefficient (Wildman–Crippen LogP) is 3.65. The van der Waals surface area contributed by atoms with Gasteiger partial charge in [0.05, 0.1) is 4.99 Å². The quantitative estimate of drug-likeness (QED) is 0.841. The van der Waals surface area contributed by atoms with Gasteiger partial charge in [0.2, 0.25) is 0 Å². The van der Waals surface area contributed by atoms with Crippen molar-refractivity contribution < 1.29 is 17.9 Å².